The van der Waals surface area contributed by atoms with Crippen LogP contribution in [-0.4, -0.2) is 132 Å². The zero-order valence-electron chi connectivity index (χ0n) is 41.7. The van der Waals surface area contributed by atoms with Gasteiger partial charge in [-0.1, -0.05) is 78.5 Å². The molecule has 14 heteroatoms. The van der Waals surface area contributed by atoms with Gasteiger partial charge in [-0.3, -0.25) is 19.2 Å². The number of allylic oxidation sites excluding steroid dienone is 5. The van der Waals surface area contributed by atoms with Crippen LogP contribution in [0.2, 0.25) is 0 Å². The van der Waals surface area contributed by atoms with Gasteiger partial charge in [0.1, 0.15) is 30.1 Å². The molecular formula is C52H83NO13. The van der Waals surface area contributed by atoms with Crippen molar-refractivity contribution in [2.24, 2.45) is 35.5 Å². The molecule has 3 N–H and O–H groups in total. The summed E-state index contributed by atoms with van der Waals surface area (Å²) in [5.41, 5.74) is 1.30. The van der Waals surface area contributed by atoms with E-state index in [0.29, 0.717) is 63.4 Å². The molecule has 2 saturated heterocycles. The Morgan fingerprint density at radius 1 is 0.909 bits per heavy atom. The maximum Gasteiger partial charge on any atom is 0.329 e. The van der Waals surface area contributed by atoms with Crippen LogP contribution in [0.3, 0.4) is 0 Å². The van der Waals surface area contributed by atoms with E-state index in [2.05, 4.69) is 6.58 Å². The molecule has 1 unspecified atom stereocenters. The fourth-order valence-electron chi connectivity index (χ4n) is 9.95. The molecule has 1 saturated carbocycles. The van der Waals surface area contributed by atoms with E-state index in [1.54, 1.807) is 53.2 Å². The normalized spacial score (nSPS) is 28.8. The topological polar surface area (TPSA) is 195 Å². The lowest BCUT2D eigenvalue weighted by molar-refractivity contribution is -0.265. The quantitative estimate of drug-likeness (QED) is 0.0374. The molecule has 0 spiro atoms. The SMILES string of the molecule is C=C/C=C/C=C(\C)[C@H](CC1CC[C@@H](C)[C@](O)(C(=O)C(=O)N2CCCC[C@H]2C(=O)O[C@@H](CC(=O)[C@H](C)/C=C(\C)[C@@H](O)[C@@H](OC)C(=O)[C@H](C)CC(C)C)[C@H](C)C[C@@H]2CC[C@@H](O)[C@H](OC)C2)O1)OC. The number of rotatable bonds is 25. The fourth-order valence-corrected chi connectivity index (χ4v) is 9.95. The van der Waals surface area contributed by atoms with Crippen molar-refractivity contribution in [3.63, 3.8) is 0 Å². The third-order valence-corrected chi connectivity index (χ3v) is 14.2. The largest absolute Gasteiger partial charge is 0.460 e. The van der Waals surface area contributed by atoms with Crippen molar-refractivity contribution in [3.8, 4) is 0 Å². The van der Waals surface area contributed by atoms with E-state index in [-0.39, 0.29) is 66.8 Å². The van der Waals surface area contributed by atoms with Crippen LogP contribution < -0.4 is 0 Å². The number of aliphatic hydroxyl groups excluding tert-OH is 2. The van der Waals surface area contributed by atoms with Crippen LogP contribution in [0, 0.1) is 35.5 Å². The first-order valence-corrected chi connectivity index (χ1v) is 24.2. The van der Waals surface area contributed by atoms with Crippen LogP contribution in [0.15, 0.2) is 48.1 Å². The highest BCUT2D eigenvalue weighted by Gasteiger charge is 2.53. The van der Waals surface area contributed by atoms with Gasteiger partial charge in [0.25, 0.3) is 11.7 Å². The minimum Gasteiger partial charge on any atom is -0.460 e. The predicted octanol–water partition coefficient (Wildman–Crippen LogP) is 6.82. The molecule has 0 aromatic heterocycles. The van der Waals surface area contributed by atoms with Crippen LogP contribution in [0.25, 0.3) is 0 Å². The van der Waals surface area contributed by atoms with Gasteiger partial charge >= 0.3 is 5.97 Å². The average Bonchev–Trinajstić information content (AvgIpc) is 3.28. The van der Waals surface area contributed by atoms with Crippen molar-refractivity contribution in [1.82, 2.24) is 4.90 Å². The number of aliphatic hydroxyl groups is 3. The molecule has 3 fully saturated rings. The highest BCUT2D eigenvalue weighted by Crippen LogP contribution is 2.38. The van der Waals surface area contributed by atoms with Gasteiger partial charge in [0.05, 0.1) is 24.4 Å². The van der Waals surface area contributed by atoms with Gasteiger partial charge in [0.2, 0.25) is 5.79 Å². The number of Topliss-reactive ketones (excluding diaryl/α,β-unsaturated/α-hetero) is 3. The van der Waals surface area contributed by atoms with Crippen molar-refractivity contribution in [2.45, 2.75) is 187 Å². The van der Waals surface area contributed by atoms with E-state index in [4.69, 9.17) is 23.7 Å². The average molecular weight is 930 g/mol. The van der Waals surface area contributed by atoms with Gasteiger partial charge in [-0.25, -0.2) is 4.79 Å². The molecule has 374 valence electrons. The zero-order valence-corrected chi connectivity index (χ0v) is 41.7. The first-order chi connectivity index (χ1) is 31.1. The standard InChI is InChI=1S/C52H83NO13/c1-13-14-15-18-32(4)43(62-10)29-39-22-20-37(9)52(61,66-39)49(58)50(59)53-24-17-16-19-40(53)51(60)65-44(34(6)27-38-21-23-41(54)45(28-38)63-11)30-42(55)33(5)26-36(8)47(57)48(64-12)46(56)35(7)25-31(2)3/h13-15,18,26,31,33-35,37-41,43-45,47-48,54,57,61H,1,16-17,19-25,27-30H2,2-12H3/b15-14+,32-18+,36-26+/t33-,34-,35-,37-,38+,39?,40+,41-,43+,44+,45-,47-,48+,52-/m1/s1. The second-order valence-electron chi connectivity index (χ2n) is 19.9. The van der Waals surface area contributed by atoms with Crippen LogP contribution in [0.1, 0.15) is 132 Å². The van der Waals surface area contributed by atoms with Crippen molar-refractivity contribution < 1.29 is 63.0 Å². The van der Waals surface area contributed by atoms with Gasteiger partial charge in [0.15, 0.2) is 5.78 Å². The minimum atomic E-state index is -2.43. The lowest BCUT2D eigenvalue weighted by Gasteiger charge is -2.42. The van der Waals surface area contributed by atoms with Crippen LogP contribution in [0.4, 0.5) is 0 Å². The predicted molar refractivity (Wildman–Crippen MR) is 252 cm³/mol. The Hall–Kier alpha value is -3.37. The highest BCUT2D eigenvalue weighted by atomic mass is 16.6. The van der Waals surface area contributed by atoms with E-state index < -0.39 is 71.8 Å². The molecular weight excluding hydrogens is 847 g/mol. The molecule has 1 amide bonds. The summed E-state index contributed by atoms with van der Waals surface area (Å²) in [7, 11) is 4.51. The molecule has 3 aliphatic rings. The first kappa shape index (κ1) is 57.0. The number of carbonyl (C=O) groups is 5. The molecule has 1 aliphatic carbocycles. The molecule has 14 atom stereocenters. The number of ether oxygens (including phenoxy) is 5. The monoisotopic (exact) mass is 930 g/mol. The smallest absolute Gasteiger partial charge is 0.329 e. The Balaban J connectivity index is 1.86. The number of methoxy groups -OCH3 is 3. The van der Waals surface area contributed by atoms with Crippen LogP contribution >= 0.6 is 0 Å². The summed E-state index contributed by atoms with van der Waals surface area (Å²) in [5, 5.41) is 33.6. The number of amides is 1. The van der Waals surface area contributed by atoms with Crippen LogP contribution in [0.5, 0.6) is 0 Å². The summed E-state index contributed by atoms with van der Waals surface area (Å²) < 4.78 is 29.1. The first-order valence-electron chi connectivity index (χ1n) is 24.2. The molecule has 2 heterocycles. The van der Waals surface area contributed by atoms with Gasteiger partial charge in [-0.05, 0) is 107 Å². The van der Waals surface area contributed by atoms with Crippen molar-refractivity contribution in [3.05, 3.63) is 48.1 Å². The number of carbonyl (C=O) groups excluding carboxylic acids is 5. The molecule has 0 aromatic carbocycles. The maximum atomic E-state index is 14.4. The number of piperidine rings is 1. The van der Waals surface area contributed by atoms with E-state index in [9.17, 15) is 39.3 Å². The summed E-state index contributed by atoms with van der Waals surface area (Å²) in [4.78, 5) is 71.3. The number of hydrogen-bond donors (Lipinski definition) is 3. The summed E-state index contributed by atoms with van der Waals surface area (Å²) in [6.45, 7) is 18.4. The Bertz CT molecular complexity index is 1720. The Morgan fingerprint density at radius 2 is 1.61 bits per heavy atom. The van der Waals surface area contributed by atoms with Gasteiger partial charge in [0, 0.05) is 58.5 Å². The summed E-state index contributed by atoms with van der Waals surface area (Å²) in [6, 6.07) is -1.15. The van der Waals surface area contributed by atoms with E-state index in [1.807, 2.05) is 46.8 Å². The van der Waals surface area contributed by atoms with Crippen molar-refractivity contribution in [1.29, 1.82) is 0 Å². The number of nitrogens with zero attached hydrogens (tertiary/aromatic N) is 1. The highest BCUT2D eigenvalue weighted by molar-refractivity contribution is 6.39. The number of esters is 1. The summed E-state index contributed by atoms with van der Waals surface area (Å²) in [6.07, 6.45) is 9.04. The maximum absolute atomic E-state index is 14.4. The Kier molecular flexibility index (Phi) is 23.3. The second-order valence-corrected chi connectivity index (χ2v) is 19.9. The second kappa shape index (κ2) is 27.0. The summed E-state index contributed by atoms with van der Waals surface area (Å²) in [5.74, 6) is -7.59. The number of ketones is 3. The van der Waals surface area contributed by atoms with Crippen molar-refractivity contribution in [2.75, 3.05) is 27.9 Å². The molecule has 66 heavy (non-hydrogen) atoms. The number of hydrogen-bond acceptors (Lipinski definition) is 13. The lowest BCUT2D eigenvalue weighted by Crippen LogP contribution is -2.61. The third kappa shape index (κ3) is 15.6. The molecule has 0 bridgehead atoms. The molecule has 2 aliphatic heterocycles. The molecule has 3 rings (SSSR count). The van der Waals surface area contributed by atoms with E-state index in [1.165, 1.54) is 12.0 Å². The lowest BCUT2D eigenvalue weighted by atomic mass is 9.78. The molecule has 0 radical (unpaired) electrons. The van der Waals surface area contributed by atoms with Crippen LogP contribution in [-0.2, 0) is 47.7 Å². The van der Waals surface area contributed by atoms with Gasteiger partial charge < -0.3 is 43.9 Å². The van der Waals surface area contributed by atoms with Crippen molar-refractivity contribution >= 4 is 29.2 Å². The third-order valence-electron chi connectivity index (χ3n) is 14.2. The van der Waals surface area contributed by atoms with E-state index >= 15 is 0 Å². The molecule has 14 nitrogen and oxygen atoms in total. The van der Waals surface area contributed by atoms with Gasteiger partial charge in [-0.15, -0.1) is 0 Å². The fraction of sp³-hybridized carbons (Fsp3) is 0.750. The Labute approximate surface area is 394 Å². The molecule has 0 aromatic rings. The van der Waals surface area contributed by atoms with Gasteiger partial charge in [-0.2, -0.15) is 0 Å². The minimum absolute atomic E-state index is 0.0821. The van der Waals surface area contributed by atoms with E-state index in [0.717, 1.165) is 12.0 Å². The Morgan fingerprint density at radius 3 is 2.23 bits per heavy atom. The zero-order chi connectivity index (χ0) is 49.5. The number of likely N-dealkylation sites (tertiary alicyclic amines) is 1. The summed E-state index contributed by atoms with van der Waals surface area (Å²) >= 11 is 0.